The molecule has 148 valence electrons. The molecule has 28 heavy (non-hydrogen) atoms. The fourth-order valence-electron chi connectivity index (χ4n) is 3.06. The van der Waals surface area contributed by atoms with Crippen LogP contribution in [0.4, 0.5) is 0 Å². The number of hydrogen-bond acceptors (Lipinski definition) is 5. The van der Waals surface area contributed by atoms with Gasteiger partial charge in [0.2, 0.25) is 5.91 Å². The van der Waals surface area contributed by atoms with Crippen molar-refractivity contribution in [3.63, 3.8) is 0 Å². The number of benzene rings is 1. The fourth-order valence-corrected chi connectivity index (χ4v) is 3.69. The molecule has 1 atom stereocenters. The van der Waals surface area contributed by atoms with Crippen molar-refractivity contribution < 1.29 is 13.2 Å². The normalized spacial score (nSPS) is 12.2. The van der Waals surface area contributed by atoms with Crippen LogP contribution in [0.2, 0.25) is 0 Å². The highest BCUT2D eigenvalue weighted by atomic mass is 32.2. The second-order valence-electron chi connectivity index (χ2n) is 6.80. The van der Waals surface area contributed by atoms with Crippen molar-refractivity contribution >= 4 is 15.7 Å². The number of nitrogens with one attached hydrogen (secondary N) is 2. The lowest BCUT2D eigenvalue weighted by Gasteiger charge is -2.16. The molecule has 1 amide bonds. The molecule has 0 radical (unpaired) electrons. The van der Waals surface area contributed by atoms with Gasteiger partial charge in [0.05, 0.1) is 10.9 Å². The number of pyridine rings is 1. The van der Waals surface area contributed by atoms with Gasteiger partial charge in [0.15, 0.2) is 9.84 Å². The van der Waals surface area contributed by atoms with Gasteiger partial charge in [-0.15, -0.1) is 0 Å². The number of nitrogens with zero attached hydrogens (tertiary/aromatic N) is 1. The number of aromatic amines is 1. The van der Waals surface area contributed by atoms with Crippen molar-refractivity contribution in [2.24, 2.45) is 0 Å². The summed E-state index contributed by atoms with van der Waals surface area (Å²) in [6.07, 6.45) is 1.74. The van der Waals surface area contributed by atoms with Crippen molar-refractivity contribution in [3.8, 4) is 6.07 Å². The molecule has 0 spiro atoms. The van der Waals surface area contributed by atoms with Crippen molar-refractivity contribution in [2.75, 3.05) is 6.26 Å². The first-order valence-corrected chi connectivity index (χ1v) is 10.7. The number of amides is 1. The number of rotatable bonds is 6. The van der Waals surface area contributed by atoms with Gasteiger partial charge in [-0.1, -0.05) is 12.1 Å². The van der Waals surface area contributed by atoms with Gasteiger partial charge in [0, 0.05) is 18.4 Å². The largest absolute Gasteiger partial charge is 0.350 e. The third kappa shape index (κ3) is 4.87. The third-order valence-electron chi connectivity index (χ3n) is 4.71. The number of aryl methyl sites for hydroxylation is 1. The second-order valence-corrected chi connectivity index (χ2v) is 8.82. The van der Waals surface area contributed by atoms with Crippen LogP contribution in [0.15, 0.2) is 34.0 Å². The summed E-state index contributed by atoms with van der Waals surface area (Å²) < 4.78 is 23.0. The van der Waals surface area contributed by atoms with Crippen molar-refractivity contribution in [1.29, 1.82) is 5.26 Å². The minimum absolute atomic E-state index is 0.0698. The summed E-state index contributed by atoms with van der Waals surface area (Å²) in [7, 11) is -3.26. The first-order chi connectivity index (χ1) is 13.0. The average molecular weight is 401 g/mol. The van der Waals surface area contributed by atoms with E-state index < -0.39 is 15.4 Å². The van der Waals surface area contributed by atoms with E-state index in [2.05, 4.69) is 10.3 Å². The minimum Gasteiger partial charge on any atom is -0.350 e. The number of carbonyl (C=O) groups excluding carboxylic acids is 1. The molecule has 0 bridgehead atoms. The number of sulfone groups is 1. The number of aromatic nitrogens is 1. The smallest absolute Gasteiger partial charge is 0.266 e. The lowest BCUT2D eigenvalue weighted by Crippen LogP contribution is -2.27. The molecule has 0 aliphatic heterocycles. The molecule has 0 saturated carbocycles. The molecule has 7 nitrogen and oxygen atoms in total. The quantitative estimate of drug-likeness (QED) is 0.768. The summed E-state index contributed by atoms with van der Waals surface area (Å²) in [6, 6.07) is 8.01. The van der Waals surface area contributed by atoms with E-state index in [0.717, 1.165) is 17.4 Å². The molecule has 1 aromatic heterocycles. The van der Waals surface area contributed by atoms with Crippen LogP contribution in [0.5, 0.6) is 0 Å². The molecule has 0 fully saturated rings. The van der Waals surface area contributed by atoms with E-state index in [0.29, 0.717) is 17.7 Å². The summed E-state index contributed by atoms with van der Waals surface area (Å²) in [5.41, 5.74) is 2.48. The van der Waals surface area contributed by atoms with E-state index >= 15 is 0 Å². The lowest BCUT2D eigenvalue weighted by atomic mass is 9.99. The Morgan fingerprint density at radius 2 is 1.86 bits per heavy atom. The molecule has 1 heterocycles. The third-order valence-corrected chi connectivity index (χ3v) is 5.84. The van der Waals surface area contributed by atoms with Crippen LogP contribution in [0.1, 0.15) is 47.3 Å². The maximum absolute atomic E-state index is 12.3. The Morgan fingerprint density at radius 1 is 1.25 bits per heavy atom. The molecular weight excluding hydrogens is 378 g/mol. The Bertz CT molecular complexity index is 1090. The Labute approximate surface area is 164 Å². The van der Waals surface area contributed by atoms with Gasteiger partial charge in [-0.05, 0) is 56.0 Å². The standard InChI is InChI=1S/C20H23N3O4S/c1-12-17(14(3)23-20(25)18(12)11-21)9-10-19(24)22-13(2)15-5-7-16(8-6-15)28(4,26)27/h5-8,13H,9-10H2,1-4H3,(H,22,24)(H,23,25). The Balaban J connectivity index is 2.05. The molecule has 0 aliphatic rings. The van der Waals surface area contributed by atoms with Gasteiger partial charge >= 0.3 is 0 Å². The molecule has 2 rings (SSSR count). The number of H-pyrrole nitrogens is 1. The number of hydrogen-bond donors (Lipinski definition) is 2. The van der Waals surface area contributed by atoms with E-state index in [-0.39, 0.29) is 28.8 Å². The van der Waals surface area contributed by atoms with Crippen LogP contribution in [-0.2, 0) is 21.1 Å². The predicted molar refractivity (Wildman–Crippen MR) is 106 cm³/mol. The van der Waals surface area contributed by atoms with Gasteiger partial charge < -0.3 is 10.3 Å². The SMILES string of the molecule is Cc1[nH]c(=O)c(C#N)c(C)c1CCC(=O)NC(C)c1ccc(S(C)(=O)=O)cc1. The van der Waals surface area contributed by atoms with Crippen LogP contribution in [0.3, 0.4) is 0 Å². The Hall–Kier alpha value is -2.92. The van der Waals surface area contributed by atoms with Crippen molar-refractivity contribution in [2.45, 2.75) is 44.6 Å². The van der Waals surface area contributed by atoms with Crippen LogP contribution >= 0.6 is 0 Å². The summed E-state index contributed by atoms with van der Waals surface area (Å²) in [5.74, 6) is -0.178. The van der Waals surface area contributed by atoms with E-state index in [1.807, 2.05) is 13.0 Å². The fraction of sp³-hybridized carbons (Fsp3) is 0.350. The van der Waals surface area contributed by atoms with E-state index in [9.17, 15) is 18.0 Å². The molecule has 1 aromatic carbocycles. The first kappa shape index (κ1) is 21.4. The van der Waals surface area contributed by atoms with Crippen molar-refractivity contribution in [3.05, 3.63) is 62.6 Å². The Kier molecular flexibility index (Phi) is 6.41. The Morgan fingerprint density at radius 3 is 2.39 bits per heavy atom. The lowest BCUT2D eigenvalue weighted by molar-refractivity contribution is -0.121. The molecular formula is C20H23N3O4S. The van der Waals surface area contributed by atoms with Gasteiger partial charge in [0.25, 0.3) is 5.56 Å². The van der Waals surface area contributed by atoms with Crippen molar-refractivity contribution in [1.82, 2.24) is 10.3 Å². The van der Waals surface area contributed by atoms with E-state index in [1.54, 1.807) is 26.0 Å². The highest BCUT2D eigenvalue weighted by Gasteiger charge is 2.15. The minimum atomic E-state index is -3.26. The van der Waals surface area contributed by atoms with Gasteiger partial charge in [-0.25, -0.2) is 8.42 Å². The number of nitriles is 1. The maximum Gasteiger partial charge on any atom is 0.266 e. The molecule has 2 N–H and O–H groups in total. The molecule has 0 aliphatic carbocycles. The molecule has 2 aromatic rings. The zero-order valence-electron chi connectivity index (χ0n) is 16.3. The van der Waals surface area contributed by atoms with Crippen LogP contribution < -0.4 is 10.9 Å². The molecule has 8 heteroatoms. The maximum atomic E-state index is 12.3. The zero-order chi connectivity index (χ0) is 21.1. The van der Waals surface area contributed by atoms with Crippen LogP contribution in [-0.4, -0.2) is 25.6 Å². The monoisotopic (exact) mass is 401 g/mol. The average Bonchev–Trinajstić information content (AvgIpc) is 2.61. The predicted octanol–water partition coefficient (Wildman–Crippen LogP) is 2.08. The summed E-state index contributed by atoms with van der Waals surface area (Å²) >= 11 is 0. The highest BCUT2D eigenvalue weighted by Crippen LogP contribution is 2.18. The van der Waals surface area contributed by atoms with E-state index in [1.165, 1.54) is 12.1 Å². The molecule has 1 unspecified atom stereocenters. The summed E-state index contributed by atoms with van der Waals surface area (Å²) in [4.78, 5) is 27.0. The van der Waals surface area contributed by atoms with Gasteiger partial charge in [-0.2, -0.15) is 5.26 Å². The highest BCUT2D eigenvalue weighted by molar-refractivity contribution is 7.90. The van der Waals surface area contributed by atoms with Crippen LogP contribution in [0.25, 0.3) is 0 Å². The van der Waals surface area contributed by atoms with Crippen LogP contribution in [0, 0.1) is 25.2 Å². The second kappa shape index (κ2) is 8.40. The summed E-state index contributed by atoms with van der Waals surface area (Å²) in [5, 5.41) is 12.0. The topological polar surface area (TPSA) is 120 Å². The molecule has 0 saturated heterocycles. The summed E-state index contributed by atoms with van der Waals surface area (Å²) in [6.45, 7) is 5.27. The number of carbonyl (C=O) groups is 1. The van der Waals surface area contributed by atoms with Gasteiger partial charge in [0.1, 0.15) is 11.6 Å². The van der Waals surface area contributed by atoms with Gasteiger partial charge in [-0.3, -0.25) is 9.59 Å². The zero-order valence-corrected chi connectivity index (χ0v) is 17.1. The van der Waals surface area contributed by atoms with E-state index in [4.69, 9.17) is 5.26 Å². The first-order valence-electron chi connectivity index (χ1n) is 8.76.